The molecule has 172 valence electrons. The van der Waals surface area contributed by atoms with Crippen molar-refractivity contribution in [2.75, 3.05) is 60.7 Å². The highest BCUT2D eigenvalue weighted by atomic mass is 127. The van der Waals surface area contributed by atoms with Crippen molar-refractivity contribution in [2.24, 2.45) is 4.99 Å². The second-order valence-corrected chi connectivity index (χ2v) is 7.22. The number of halogens is 1. The van der Waals surface area contributed by atoms with Crippen LogP contribution in [0.4, 0.5) is 0 Å². The normalized spacial score (nSPS) is 15.8. The lowest BCUT2D eigenvalue weighted by molar-refractivity contribution is 0.0169. The molecule has 0 bridgehead atoms. The maximum absolute atomic E-state index is 5.56. The lowest BCUT2D eigenvalue weighted by Gasteiger charge is -2.35. The van der Waals surface area contributed by atoms with Crippen molar-refractivity contribution in [3.8, 4) is 11.5 Å². The van der Waals surface area contributed by atoms with Gasteiger partial charge < -0.3 is 24.8 Å². The van der Waals surface area contributed by atoms with Crippen LogP contribution in [0.5, 0.6) is 11.5 Å². The highest BCUT2D eigenvalue weighted by molar-refractivity contribution is 14.0. The fourth-order valence-electron chi connectivity index (χ4n) is 3.58. The van der Waals surface area contributed by atoms with E-state index in [1.807, 2.05) is 13.1 Å². The second kappa shape index (κ2) is 15.5. The Balaban J connectivity index is 0.00000450. The van der Waals surface area contributed by atoms with E-state index in [1.54, 1.807) is 14.2 Å². The van der Waals surface area contributed by atoms with Crippen LogP contribution >= 0.6 is 24.0 Å². The number of methoxy groups -OCH3 is 2. The lowest BCUT2D eigenvalue weighted by atomic mass is 10.0. The van der Waals surface area contributed by atoms with Crippen LogP contribution in [-0.4, -0.2) is 71.5 Å². The van der Waals surface area contributed by atoms with Crippen LogP contribution in [0.2, 0.25) is 0 Å². The van der Waals surface area contributed by atoms with E-state index in [2.05, 4.69) is 39.6 Å². The fraction of sp³-hybridized carbons (Fsp3) is 0.682. The van der Waals surface area contributed by atoms with Gasteiger partial charge in [0.25, 0.3) is 0 Å². The van der Waals surface area contributed by atoms with Crippen LogP contribution in [0.1, 0.15) is 44.2 Å². The van der Waals surface area contributed by atoms with Gasteiger partial charge in [0.15, 0.2) is 17.5 Å². The molecule has 1 aromatic rings. The zero-order valence-corrected chi connectivity index (χ0v) is 21.2. The summed E-state index contributed by atoms with van der Waals surface area (Å²) in [5.41, 5.74) is 1.19. The summed E-state index contributed by atoms with van der Waals surface area (Å²) in [4.78, 5) is 6.83. The van der Waals surface area contributed by atoms with Crippen molar-refractivity contribution in [1.29, 1.82) is 0 Å². The largest absolute Gasteiger partial charge is 0.493 e. The number of nitrogens with one attached hydrogen (secondary N) is 2. The van der Waals surface area contributed by atoms with Crippen LogP contribution in [0, 0.1) is 0 Å². The van der Waals surface area contributed by atoms with Crippen LogP contribution in [-0.2, 0) is 4.74 Å². The van der Waals surface area contributed by atoms with Crippen LogP contribution in [0.25, 0.3) is 0 Å². The van der Waals surface area contributed by atoms with Crippen LogP contribution in [0.15, 0.2) is 23.2 Å². The molecule has 2 N–H and O–H groups in total. The summed E-state index contributed by atoms with van der Waals surface area (Å²) >= 11 is 0. The lowest BCUT2D eigenvalue weighted by Crippen LogP contribution is -2.46. The van der Waals surface area contributed by atoms with E-state index in [0.29, 0.717) is 0 Å². The van der Waals surface area contributed by atoms with Gasteiger partial charge in [-0.1, -0.05) is 32.3 Å². The summed E-state index contributed by atoms with van der Waals surface area (Å²) in [6.07, 6.45) is 4.95. The van der Waals surface area contributed by atoms with Gasteiger partial charge in [0.2, 0.25) is 0 Å². The van der Waals surface area contributed by atoms with E-state index in [9.17, 15) is 0 Å². The Bertz CT molecular complexity index is 624. The smallest absolute Gasteiger partial charge is 0.191 e. The van der Waals surface area contributed by atoms with Gasteiger partial charge in [-0.15, -0.1) is 24.0 Å². The fourth-order valence-corrected chi connectivity index (χ4v) is 3.58. The number of hydrogen-bond acceptors (Lipinski definition) is 5. The molecule has 1 aliphatic rings. The molecule has 1 saturated heterocycles. The molecule has 7 nitrogen and oxygen atoms in total. The van der Waals surface area contributed by atoms with Gasteiger partial charge in [-0.2, -0.15) is 0 Å². The zero-order chi connectivity index (χ0) is 20.9. The highest BCUT2D eigenvalue weighted by Gasteiger charge is 2.24. The Morgan fingerprint density at radius 1 is 1.10 bits per heavy atom. The summed E-state index contributed by atoms with van der Waals surface area (Å²) in [6.45, 7) is 7.26. The zero-order valence-electron chi connectivity index (χ0n) is 18.9. The highest BCUT2D eigenvalue weighted by Crippen LogP contribution is 2.32. The Hall–Kier alpha value is -1.26. The van der Waals surface area contributed by atoms with E-state index in [4.69, 9.17) is 14.2 Å². The molecule has 0 amide bonds. The molecule has 1 unspecified atom stereocenters. The van der Waals surface area contributed by atoms with Gasteiger partial charge in [-0.05, 0) is 24.1 Å². The first-order valence-corrected chi connectivity index (χ1v) is 10.7. The Labute approximate surface area is 199 Å². The molecule has 1 aliphatic heterocycles. The van der Waals surface area contributed by atoms with Crippen molar-refractivity contribution >= 4 is 29.9 Å². The van der Waals surface area contributed by atoms with Gasteiger partial charge in [-0.3, -0.25) is 9.89 Å². The van der Waals surface area contributed by atoms with E-state index < -0.39 is 0 Å². The molecule has 1 atom stereocenters. The molecule has 30 heavy (non-hydrogen) atoms. The minimum absolute atomic E-state index is 0. The summed E-state index contributed by atoms with van der Waals surface area (Å²) in [6, 6.07) is 6.35. The molecule has 2 rings (SSSR count). The Kier molecular flexibility index (Phi) is 13.9. The van der Waals surface area contributed by atoms with Crippen molar-refractivity contribution in [3.63, 3.8) is 0 Å². The monoisotopic (exact) mass is 534 g/mol. The first kappa shape index (κ1) is 26.8. The van der Waals surface area contributed by atoms with E-state index in [1.165, 1.54) is 24.8 Å². The van der Waals surface area contributed by atoms with Gasteiger partial charge in [0.1, 0.15) is 0 Å². The second-order valence-electron chi connectivity index (χ2n) is 7.22. The number of morpholine rings is 1. The first-order chi connectivity index (χ1) is 14.2. The summed E-state index contributed by atoms with van der Waals surface area (Å²) in [5, 5.41) is 6.94. The van der Waals surface area contributed by atoms with Gasteiger partial charge in [-0.25, -0.2) is 0 Å². The molecule has 0 saturated carbocycles. The molecule has 1 heterocycles. The molecule has 0 aromatic heterocycles. The average Bonchev–Trinajstić information content (AvgIpc) is 2.78. The Morgan fingerprint density at radius 2 is 1.83 bits per heavy atom. The standard InChI is InChI=1S/C22H38N4O3.HI/c1-5-6-7-8-11-24-22(23-2)25-17-19(26-12-14-29-15-13-26)18-9-10-20(27-3)21(16-18)28-4;/h9-10,16,19H,5-8,11-15,17H2,1-4H3,(H2,23,24,25);1H. The minimum Gasteiger partial charge on any atom is -0.493 e. The summed E-state index contributed by atoms with van der Waals surface area (Å²) in [5.74, 6) is 2.34. The molecule has 0 radical (unpaired) electrons. The van der Waals surface area contributed by atoms with Crippen molar-refractivity contribution in [3.05, 3.63) is 23.8 Å². The van der Waals surface area contributed by atoms with Crippen molar-refractivity contribution in [1.82, 2.24) is 15.5 Å². The van der Waals surface area contributed by atoms with Gasteiger partial charge in [0, 0.05) is 33.2 Å². The summed E-state index contributed by atoms with van der Waals surface area (Å²) < 4.78 is 16.5. The van der Waals surface area contributed by atoms with Crippen molar-refractivity contribution < 1.29 is 14.2 Å². The third-order valence-electron chi connectivity index (χ3n) is 5.29. The SMILES string of the molecule is CCCCCCNC(=NC)NCC(c1ccc(OC)c(OC)c1)N1CCOCC1.I. The van der Waals surface area contributed by atoms with Crippen LogP contribution in [0.3, 0.4) is 0 Å². The molecular weight excluding hydrogens is 495 g/mol. The molecular formula is C22H39IN4O3. The molecule has 1 aromatic carbocycles. The predicted octanol–water partition coefficient (Wildman–Crippen LogP) is 3.44. The van der Waals surface area contributed by atoms with E-state index in [-0.39, 0.29) is 30.0 Å². The molecule has 8 heteroatoms. The van der Waals surface area contributed by atoms with Gasteiger partial charge in [0.05, 0.1) is 33.5 Å². The number of ether oxygens (including phenoxy) is 3. The van der Waals surface area contributed by atoms with Gasteiger partial charge >= 0.3 is 0 Å². The number of rotatable bonds is 11. The number of aliphatic imine (C=N–C) groups is 1. The van der Waals surface area contributed by atoms with Crippen molar-refractivity contribution in [2.45, 2.75) is 38.6 Å². The number of benzene rings is 1. The third kappa shape index (κ3) is 8.47. The molecule has 0 spiro atoms. The minimum atomic E-state index is 0. The maximum Gasteiger partial charge on any atom is 0.191 e. The molecule has 0 aliphatic carbocycles. The first-order valence-electron chi connectivity index (χ1n) is 10.7. The quantitative estimate of drug-likeness (QED) is 0.196. The number of guanidine groups is 1. The predicted molar refractivity (Wildman–Crippen MR) is 134 cm³/mol. The average molecular weight is 534 g/mol. The maximum atomic E-state index is 5.56. The van der Waals surface area contributed by atoms with E-state index >= 15 is 0 Å². The number of unbranched alkanes of at least 4 members (excludes halogenated alkanes) is 3. The third-order valence-corrected chi connectivity index (χ3v) is 5.29. The topological polar surface area (TPSA) is 67.4 Å². The van der Waals surface area contributed by atoms with Crippen LogP contribution < -0.4 is 20.1 Å². The molecule has 1 fully saturated rings. The Morgan fingerprint density at radius 3 is 2.47 bits per heavy atom. The number of hydrogen-bond donors (Lipinski definition) is 2. The van der Waals surface area contributed by atoms with E-state index in [0.717, 1.165) is 63.3 Å². The summed E-state index contributed by atoms with van der Waals surface area (Å²) in [7, 11) is 5.16. The number of nitrogens with zero attached hydrogens (tertiary/aromatic N) is 2.